The van der Waals surface area contributed by atoms with Gasteiger partial charge in [0.2, 0.25) is 0 Å². The maximum atomic E-state index is 12.4. The van der Waals surface area contributed by atoms with Crippen LogP contribution in [0.5, 0.6) is 17.2 Å². The van der Waals surface area contributed by atoms with E-state index in [1.54, 1.807) is 19.2 Å². The molecule has 0 heterocycles. The van der Waals surface area contributed by atoms with Gasteiger partial charge in [0.25, 0.3) is 0 Å². The van der Waals surface area contributed by atoms with Crippen LogP contribution in [0, 0.1) is 0 Å². The molecule has 0 atom stereocenters. The molecule has 0 aliphatic heterocycles. The number of esters is 1. The summed E-state index contributed by atoms with van der Waals surface area (Å²) in [5.41, 5.74) is 2.96. The highest BCUT2D eigenvalue weighted by molar-refractivity contribution is 6.00. The predicted octanol–water partition coefficient (Wildman–Crippen LogP) is 5.91. The fourth-order valence-electron chi connectivity index (χ4n) is 3.23. The molecule has 0 saturated carbocycles. The van der Waals surface area contributed by atoms with Crippen LogP contribution < -0.4 is 14.2 Å². The van der Waals surface area contributed by atoms with Crippen molar-refractivity contribution in [3.8, 4) is 28.4 Å². The van der Waals surface area contributed by atoms with Crippen molar-refractivity contribution in [2.75, 3.05) is 20.8 Å². The van der Waals surface area contributed by atoms with Gasteiger partial charge in [-0.2, -0.15) is 0 Å². The van der Waals surface area contributed by atoms with Gasteiger partial charge in [0.05, 0.1) is 26.4 Å². The lowest BCUT2D eigenvalue weighted by molar-refractivity contribution is 0.0601. The van der Waals surface area contributed by atoms with E-state index >= 15 is 0 Å². The molecule has 162 valence electrons. The van der Waals surface area contributed by atoms with E-state index in [-0.39, 0.29) is 0 Å². The van der Waals surface area contributed by atoms with E-state index in [0.717, 1.165) is 29.7 Å². The van der Waals surface area contributed by atoms with Gasteiger partial charge in [0.15, 0.2) is 11.5 Å². The Morgan fingerprint density at radius 2 is 1.61 bits per heavy atom. The highest BCUT2D eigenvalue weighted by atomic mass is 16.5. The van der Waals surface area contributed by atoms with Crippen molar-refractivity contribution < 1.29 is 23.7 Å². The van der Waals surface area contributed by atoms with Crippen molar-refractivity contribution in [3.63, 3.8) is 0 Å². The smallest absolute Gasteiger partial charge is 0.338 e. The highest BCUT2D eigenvalue weighted by Gasteiger charge is 2.22. The van der Waals surface area contributed by atoms with E-state index in [1.807, 2.05) is 54.6 Å². The first kappa shape index (κ1) is 22.2. The predicted molar refractivity (Wildman–Crippen MR) is 121 cm³/mol. The number of rotatable bonds is 10. The van der Waals surface area contributed by atoms with Crippen LogP contribution in [-0.2, 0) is 11.3 Å². The molecule has 0 spiro atoms. The van der Waals surface area contributed by atoms with Gasteiger partial charge in [-0.05, 0) is 41.8 Å². The second-order valence-electron chi connectivity index (χ2n) is 7.01. The molecule has 0 saturated heterocycles. The maximum absolute atomic E-state index is 12.4. The summed E-state index contributed by atoms with van der Waals surface area (Å²) in [5, 5.41) is 0. The van der Waals surface area contributed by atoms with Gasteiger partial charge in [-0.25, -0.2) is 4.79 Å². The van der Waals surface area contributed by atoms with E-state index in [9.17, 15) is 4.79 Å². The summed E-state index contributed by atoms with van der Waals surface area (Å²) in [7, 11) is 2.94. The minimum Gasteiger partial charge on any atom is -0.492 e. The van der Waals surface area contributed by atoms with E-state index < -0.39 is 5.97 Å². The molecule has 0 N–H and O–H groups in total. The Balaban J connectivity index is 1.91. The van der Waals surface area contributed by atoms with Gasteiger partial charge in [0, 0.05) is 5.56 Å². The van der Waals surface area contributed by atoms with Crippen LogP contribution in [-0.4, -0.2) is 26.8 Å². The van der Waals surface area contributed by atoms with Crippen LogP contribution in [0.2, 0.25) is 0 Å². The zero-order valence-electron chi connectivity index (χ0n) is 18.2. The number of ether oxygens (including phenoxy) is 4. The minimum atomic E-state index is -0.433. The van der Waals surface area contributed by atoms with E-state index in [2.05, 4.69) is 6.92 Å². The molecule has 0 aliphatic rings. The normalized spacial score (nSPS) is 10.4. The minimum absolute atomic E-state index is 0.417. The van der Waals surface area contributed by atoms with E-state index in [4.69, 9.17) is 18.9 Å². The average Bonchev–Trinajstić information content (AvgIpc) is 2.83. The summed E-state index contributed by atoms with van der Waals surface area (Å²) < 4.78 is 22.4. The second-order valence-corrected chi connectivity index (χ2v) is 7.01. The Kier molecular flexibility index (Phi) is 7.93. The fraction of sp³-hybridized carbons (Fsp3) is 0.269. The summed E-state index contributed by atoms with van der Waals surface area (Å²) >= 11 is 0. The summed E-state index contributed by atoms with van der Waals surface area (Å²) in [4.78, 5) is 12.4. The molecule has 0 bridgehead atoms. The summed E-state index contributed by atoms with van der Waals surface area (Å²) in [5.74, 6) is 1.42. The summed E-state index contributed by atoms with van der Waals surface area (Å²) in [6.45, 7) is 3.17. The first-order valence-corrected chi connectivity index (χ1v) is 10.4. The highest BCUT2D eigenvalue weighted by Crippen LogP contribution is 2.41. The van der Waals surface area contributed by atoms with Crippen LogP contribution in [0.3, 0.4) is 0 Å². The molecule has 0 radical (unpaired) electrons. The molecule has 0 aliphatic carbocycles. The van der Waals surface area contributed by atoms with Crippen molar-refractivity contribution >= 4 is 5.97 Å². The molecular weight excluding hydrogens is 392 g/mol. The summed E-state index contributed by atoms with van der Waals surface area (Å²) in [6, 6.07) is 21.0. The van der Waals surface area contributed by atoms with Gasteiger partial charge in [0.1, 0.15) is 12.4 Å². The molecule has 3 aromatic rings. The number of carbonyl (C=O) groups excluding carboxylic acids is 1. The van der Waals surface area contributed by atoms with Crippen molar-refractivity contribution in [1.29, 1.82) is 0 Å². The number of carbonyl (C=O) groups is 1. The molecule has 3 rings (SSSR count). The Bertz CT molecular complexity index is 981. The topological polar surface area (TPSA) is 54.0 Å². The van der Waals surface area contributed by atoms with Crippen molar-refractivity contribution in [1.82, 2.24) is 0 Å². The Morgan fingerprint density at radius 1 is 0.871 bits per heavy atom. The van der Waals surface area contributed by atoms with E-state index in [1.165, 1.54) is 7.11 Å². The Hall–Kier alpha value is -3.47. The monoisotopic (exact) mass is 420 g/mol. The lowest BCUT2D eigenvalue weighted by Crippen LogP contribution is -2.07. The van der Waals surface area contributed by atoms with E-state index in [0.29, 0.717) is 35.8 Å². The number of methoxy groups -OCH3 is 2. The Morgan fingerprint density at radius 3 is 2.26 bits per heavy atom. The quantitative estimate of drug-likeness (QED) is 0.302. The molecule has 5 nitrogen and oxygen atoms in total. The molecule has 0 fully saturated rings. The molecular formula is C26H28O5. The SMILES string of the molecule is CCCCOc1ccc(C(=O)OC)c(-c2ccc(OCc3ccccc3)cc2)c1OC. The van der Waals surface area contributed by atoms with Crippen molar-refractivity contribution in [3.05, 3.63) is 77.9 Å². The molecule has 0 amide bonds. The lowest BCUT2D eigenvalue weighted by atomic mass is 9.97. The molecule has 5 heteroatoms. The number of benzene rings is 3. The van der Waals surface area contributed by atoms with Gasteiger partial charge in [-0.15, -0.1) is 0 Å². The number of hydrogen-bond acceptors (Lipinski definition) is 5. The van der Waals surface area contributed by atoms with Gasteiger partial charge >= 0.3 is 5.97 Å². The molecule has 3 aromatic carbocycles. The van der Waals surface area contributed by atoms with Crippen molar-refractivity contribution in [2.45, 2.75) is 26.4 Å². The van der Waals surface area contributed by atoms with Crippen LogP contribution in [0.4, 0.5) is 0 Å². The van der Waals surface area contributed by atoms with Crippen LogP contribution in [0.25, 0.3) is 11.1 Å². The molecule has 31 heavy (non-hydrogen) atoms. The van der Waals surface area contributed by atoms with Crippen LogP contribution in [0.15, 0.2) is 66.7 Å². The second kappa shape index (κ2) is 11.1. The lowest BCUT2D eigenvalue weighted by Gasteiger charge is -2.18. The fourth-order valence-corrected chi connectivity index (χ4v) is 3.23. The van der Waals surface area contributed by atoms with Gasteiger partial charge < -0.3 is 18.9 Å². The number of unbranched alkanes of at least 4 members (excludes halogenated alkanes) is 1. The Labute approximate surface area is 183 Å². The van der Waals surface area contributed by atoms with Crippen LogP contribution in [0.1, 0.15) is 35.7 Å². The first-order chi connectivity index (χ1) is 15.2. The number of hydrogen-bond donors (Lipinski definition) is 0. The zero-order valence-corrected chi connectivity index (χ0v) is 18.2. The third-order valence-corrected chi connectivity index (χ3v) is 4.88. The molecule has 0 unspecified atom stereocenters. The third kappa shape index (κ3) is 5.57. The zero-order chi connectivity index (χ0) is 22.1. The van der Waals surface area contributed by atoms with Gasteiger partial charge in [-0.3, -0.25) is 0 Å². The first-order valence-electron chi connectivity index (χ1n) is 10.4. The third-order valence-electron chi connectivity index (χ3n) is 4.88. The summed E-state index contributed by atoms with van der Waals surface area (Å²) in [6.07, 6.45) is 1.96. The van der Waals surface area contributed by atoms with Crippen LogP contribution >= 0.6 is 0 Å². The largest absolute Gasteiger partial charge is 0.492 e. The standard InChI is InChI=1S/C26H28O5/c1-4-5-17-30-23-16-15-22(26(27)29-3)24(25(23)28-2)20-11-13-21(14-12-20)31-18-19-9-7-6-8-10-19/h6-16H,4-5,17-18H2,1-3H3. The average molecular weight is 421 g/mol. The maximum Gasteiger partial charge on any atom is 0.338 e. The van der Waals surface area contributed by atoms with Gasteiger partial charge in [-0.1, -0.05) is 55.8 Å². The van der Waals surface area contributed by atoms with Crippen molar-refractivity contribution in [2.24, 2.45) is 0 Å². The molecule has 0 aromatic heterocycles.